The number of rotatable bonds is 2. The summed E-state index contributed by atoms with van der Waals surface area (Å²) in [6.45, 7) is 1.63. The number of hydrogen-bond donors (Lipinski definition) is 2. The van der Waals surface area contributed by atoms with Crippen LogP contribution in [0.15, 0.2) is 11.4 Å². The van der Waals surface area contributed by atoms with Crippen molar-refractivity contribution in [3.63, 3.8) is 0 Å². The largest absolute Gasteiger partial charge is 0.391 e. The van der Waals surface area contributed by atoms with E-state index in [4.69, 9.17) is 16.1 Å². The molecule has 4 heteroatoms. The first-order chi connectivity index (χ1) is 5.65. The highest BCUT2D eigenvalue weighted by molar-refractivity contribution is 7.10. The van der Waals surface area contributed by atoms with Gasteiger partial charge in [0.25, 0.3) is 0 Å². The third kappa shape index (κ3) is 1.83. The Bertz CT molecular complexity index is 300. The van der Waals surface area contributed by atoms with Gasteiger partial charge in [-0.1, -0.05) is 0 Å². The normalized spacial score (nSPS) is 15.2. The van der Waals surface area contributed by atoms with Crippen molar-refractivity contribution >= 4 is 11.3 Å². The van der Waals surface area contributed by atoms with Crippen LogP contribution in [0, 0.1) is 11.3 Å². The van der Waals surface area contributed by atoms with E-state index in [1.54, 1.807) is 18.4 Å². The van der Waals surface area contributed by atoms with Crippen molar-refractivity contribution in [2.45, 2.75) is 19.1 Å². The highest BCUT2D eigenvalue weighted by atomic mass is 32.1. The molecule has 0 aliphatic heterocycles. The molecule has 3 N–H and O–H groups in total. The van der Waals surface area contributed by atoms with E-state index in [9.17, 15) is 0 Å². The van der Waals surface area contributed by atoms with Gasteiger partial charge in [-0.3, -0.25) is 0 Å². The lowest BCUT2D eigenvalue weighted by Crippen LogP contribution is -2.22. The number of nitriles is 1. The zero-order valence-corrected chi connectivity index (χ0v) is 7.51. The van der Waals surface area contributed by atoms with Gasteiger partial charge in [0.15, 0.2) is 0 Å². The van der Waals surface area contributed by atoms with Gasteiger partial charge in [0.1, 0.15) is 10.9 Å². The second-order valence-electron chi connectivity index (χ2n) is 2.62. The monoisotopic (exact) mass is 182 g/mol. The fourth-order valence-electron chi connectivity index (χ4n) is 0.863. The molecule has 0 aromatic carbocycles. The lowest BCUT2D eigenvalue weighted by atomic mass is 10.1. The molecule has 1 rings (SSSR count). The van der Waals surface area contributed by atoms with Crippen molar-refractivity contribution in [3.05, 3.63) is 21.9 Å². The van der Waals surface area contributed by atoms with Gasteiger partial charge < -0.3 is 10.8 Å². The maximum atomic E-state index is 9.15. The fourth-order valence-corrected chi connectivity index (χ4v) is 1.61. The van der Waals surface area contributed by atoms with E-state index in [2.05, 4.69) is 0 Å². The molecule has 64 valence electrons. The van der Waals surface area contributed by atoms with E-state index < -0.39 is 6.10 Å². The Morgan fingerprint density at radius 3 is 2.83 bits per heavy atom. The molecule has 0 fully saturated rings. The molecule has 1 aromatic heterocycles. The van der Waals surface area contributed by atoms with Crippen LogP contribution in [0.2, 0.25) is 0 Å². The van der Waals surface area contributed by atoms with E-state index in [1.165, 1.54) is 11.3 Å². The molecule has 0 saturated heterocycles. The van der Waals surface area contributed by atoms with Crippen LogP contribution < -0.4 is 5.73 Å². The van der Waals surface area contributed by atoms with Crippen molar-refractivity contribution in [2.75, 3.05) is 0 Å². The lowest BCUT2D eigenvalue weighted by Gasteiger charge is -2.11. The molecule has 0 bridgehead atoms. The number of aliphatic hydroxyl groups is 1. The van der Waals surface area contributed by atoms with Gasteiger partial charge in [-0.05, 0) is 23.9 Å². The van der Waals surface area contributed by atoms with E-state index in [-0.39, 0.29) is 6.04 Å². The minimum Gasteiger partial charge on any atom is -0.391 e. The van der Waals surface area contributed by atoms with Crippen molar-refractivity contribution in [1.82, 2.24) is 0 Å². The average Bonchev–Trinajstić information content (AvgIpc) is 2.50. The summed E-state index contributed by atoms with van der Waals surface area (Å²) in [5.41, 5.74) is 6.48. The average molecular weight is 182 g/mol. The Morgan fingerprint density at radius 2 is 2.42 bits per heavy atom. The molecule has 0 spiro atoms. The first-order valence-corrected chi connectivity index (χ1v) is 4.45. The third-order valence-corrected chi connectivity index (χ3v) is 2.49. The molecule has 1 aromatic rings. The van der Waals surface area contributed by atoms with E-state index >= 15 is 0 Å². The van der Waals surface area contributed by atoms with Crippen LogP contribution in [0.4, 0.5) is 0 Å². The second kappa shape index (κ2) is 3.68. The van der Waals surface area contributed by atoms with Crippen molar-refractivity contribution in [2.24, 2.45) is 5.73 Å². The van der Waals surface area contributed by atoms with Crippen LogP contribution in [0.3, 0.4) is 0 Å². The van der Waals surface area contributed by atoms with Gasteiger partial charge in [-0.15, -0.1) is 11.3 Å². The van der Waals surface area contributed by atoms with Gasteiger partial charge >= 0.3 is 0 Å². The van der Waals surface area contributed by atoms with Crippen LogP contribution in [-0.4, -0.2) is 11.2 Å². The summed E-state index contributed by atoms with van der Waals surface area (Å²) in [6, 6.07) is 3.35. The SMILES string of the molecule is C[C@H](O)[C@@H](N)c1csc(C#N)c1. The molecule has 0 saturated carbocycles. The zero-order valence-electron chi connectivity index (χ0n) is 6.69. The van der Waals surface area contributed by atoms with Gasteiger partial charge in [0.05, 0.1) is 12.1 Å². The summed E-state index contributed by atoms with van der Waals surface area (Å²) < 4.78 is 0. The molecule has 0 amide bonds. The highest BCUT2D eigenvalue weighted by Gasteiger charge is 2.13. The van der Waals surface area contributed by atoms with Crippen LogP contribution in [0.5, 0.6) is 0 Å². The third-order valence-electron chi connectivity index (χ3n) is 1.63. The van der Waals surface area contributed by atoms with Crippen LogP contribution >= 0.6 is 11.3 Å². The molecule has 12 heavy (non-hydrogen) atoms. The summed E-state index contributed by atoms with van der Waals surface area (Å²) in [4.78, 5) is 0.626. The first-order valence-electron chi connectivity index (χ1n) is 3.57. The Kier molecular flexibility index (Phi) is 2.82. The first kappa shape index (κ1) is 9.20. The standard InChI is InChI=1S/C8H10N2OS/c1-5(11)8(10)6-2-7(3-9)12-4-6/h2,4-5,8,11H,10H2,1H3/t5-,8+/m0/s1. The molecular formula is C8H10N2OS. The molecular weight excluding hydrogens is 172 g/mol. The number of thiophene rings is 1. The summed E-state index contributed by atoms with van der Waals surface area (Å²) in [5.74, 6) is 0. The highest BCUT2D eigenvalue weighted by Crippen LogP contribution is 2.20. The van der Waals surface area contributed by atoms with E-state index in [1.807, 2.05) is 6.07 Å². The van der Waals surface area contributed by atoms with Crippen molar-refractivity contribution in [1.29, 1.82) is 5.26 Å². The molecule has 0 radical (unpaired) electrons. The molecule has 1 heterocycles. The fraction of sp³-hybridized carbons (Fsp3) is 0.375. The minimum absolute atomic E-state index is 0.386. The summed E-state index contributed by atoms with van der Waals surface area (Å²) in [6.07, 6.45) is -0.578. The maximum absolute atomic E-state index is 9.15. The number of hydrogen-bond acceptors (Lipinski definition) is 4. The summed E-state index contributed by atoms with van der Waals surface area (Å²) >= 11 is 1.34. The van der Waals surface area contributed by atoms with Gasteiger partial charge in [0.2, 0.25) is 0 Å². The summed E-state index contributed by atoms with van der Waals surface area (Å²) in [7, 11) is 0. The molecule has 2 atom stereocenters. The number of nitrogens with zero attached hydrogens (tertiary/aromatic N) is 1. The minimum atomic E-state index is -0.578. The lowest BCUT2D eigenvalue weighted by molar-refractivity contribution is 0.164. The predicted octanol–water partition coefficient (Wildman–Crippen LogP) is 1.00. The molecule has 0 aliphatic carbocycles. The molecule has 0 aliphatic rings. The quantitative estimate of drug-likeness (QED) is 0.716. The van der Waals surface area contributed by atoms with E-state index in [0.29, 0.717) is 4.88 Å². The second-order valence-corrected chi connectivity index (χ2v) is 3.53. The van der Waals surface area contributed by atoms with Crippen LogP contribution in [0.25, 0.3) is 0 Å². The Balaban J connectivity index is 2.83. The Morgan fingerprint density at radius 1 is 1.75 bits per heavy atom. The van der Waals surface area contributed by atoms with Crippen LogP contribution in [0.1, 0.15) is 23.4 Å². The van der Waals surface area contributed by atoms with Crippen molar-refractivity contribution < 1.29 is 5.11 Å². The number of aliphatic hydroxyl groups excluding tert-OH is 1. The van der Waals surface area contributed by atoms with Gasteiger partial charge in [-0.2, -0.15) is 5.26 Å². The Labute approximate surface area is 75.1 Å². The number of nitrogens with two attached hydrogens (primary N) is 1. The van der Waals surface area contributed by atoms with E-state index in [0.717, 1.165) is 5.56 Å². The zero-order chi connectivity index (χ0) is 9.14. The van der Waals surface area contributed by atoms with Crippen LogP contribution in [-0.2, 0) is 0 Å². The van der Waals surface area contributed by atoms with Gasteiger partial charge in [0, 0.05) is 0 Å². The smallest absolute Gasteiger partial charge is 0.110 e. The summed E-state index contributed by atoms with van der Waals surface area (Å²) in [5, 5.41) is 19.5. The molecule has 0 unspecified atom stereocenters. The maximum Gasteiger partial charge on any atom is 0.110 e. The Hall–Kier alpha value is -0.890. The van der Waals surface area contributed by atoms with Crippen molar-refractivity contribution in [3.8, 4) is 6.07 Å². The van der Waals surface area contributed by atoms with Gasteiger partial charge in [-0.25, -0.2) is 0 Å². The molecule has 3 nitrogen and oxygen atoms in total. The topological polar surface area (TPSA) is 70.0 Å². The predicted molar refractivity (Wildman–Crippen MR) is 47.6 cm³/mol.